The molecule has 0 spiro atoms. The molecular weight excluding hydrogens is 341 g/mol. The van der Waals surface area contributed by atoms with Crippen molar-refractivity contribution < 1.29 is 18.1 Å². The molecule has 0 unspecified atom stereocenters. The first-order valence-electron chi connectivity index (χ1n) is 6.84. The predicted molar refractivity (Wildman–Crippen MR) is 79.2 cm³/mol. The molecule has 3 aromatic rings. The summed E-state index contributed by atoms with van der Waals surface area (Å²) in [6.45, 7) is 1.53. The number of rotatable bonds is 3. The molecule has 0 aliphatic rings. The van der Waals surface area contributed by atoms with Gasteiger partial charge in [0.05, 0.1) is 4.92 Å². The summed E-state index contributed by atoms with van der Waals surface area (Å²) < 4.78 is 38.0. The van der Waals surface area contributed by atoms with Crippen molar-refractivity contribution in [2.45, 2.75) is 13.1 Å². The maximum atomic E-state index is 12.7. The molecule has 2 aromatic heterocycles. The zero-order chi connectivity index (χ0) is 18.2. The van der Waals surface area contributed by atoms with Crippen LogP contribution in [0.4, 0.5) is 18.9 Å². The average Bonchev–Trinajstić information content (AvgIpc) is 3.08. The van der Waals surface area contributed by atoms with Crippen molar-refractivity contribution in [3.63, 3.8) is 0 Å². The predicted octanol–water partition coefficient (Wildman–Crippen LogP) is 3.16. The number of nitro benzene ring substituents is 1. The number of H-pyrrole nitrogens is 1. The lowest BCUT2D eigenvalue weighted by Gasteiger charge is -2.11. The van der Waals surface area contributed by atoms with Gasteiger partial charge in [0.1, 0.15) is 5.69 Å². The van der Waals surface area contributed by atoms with Crippen LogP contribution in [-0.2, 0) is 6.18 Å². The summed E-state index contributed by atoms with van der Waals surface area (Å²) in [5, 5.41) is 24.2. The van der Waals surface area contributed by atoms with Crippen molar-refractivity contribution in [2.75, 3.05) is 0 Å². The molecule has 0 radical (unpaired) electrons. The molecule has 0 atom stereocenters. The number of aryl methyl sites for hydroxylation is 1. The van der Waals surface area contributed by atoms with Gasteiger partial charge in [0.2, 0.25) is 0 Å². The summed E-state index contributed by atoms with van der Waals surface area (Å²) in [4.78, 5) is 14.0. The van der Waals surface area contributed by atoms with E-state index in [-0.39, 0.29) is 17.1 Å². The number of nitrogens with one attached hydrogen (secondary N) is 1. The number of hydrogen-bond donors (Lipinski definition) is 1. The number of nitro groups is 1. The van der Waals surface area contributed by atoms with E-state index >= 15 is 0 Å². The molecular formula is C14H9F3N6O2. The quantitative estimate of drug-likeness (QED) is 0.574. The highest BCUT2D eigenvalue weighted by Crippen LogP contribution is 2.36. The molecule has 8 nitrogen and oxygen atoms in total. The van der Waals surface area contributed by atoms with Crippen molar-refractivity contribution in [1.82, 2.24) is 25.6 Å². The Bertz CT molecular complexity index is 923. The Morgan fingerprint density at radius 3 is 2.48 bits per heavy atom. The second-order valence-corrected chi connectivity index (χ2v) is 5.12. The molecule has 0 aliphatic carbocycles. The molecule has 1 N–H and O–H groups in total. The summed E-state index contributed by atoms with van der Waals surface area (Å²) >= 11 is 0. The number of halogens is 3. The molecule has 128 valence electrons. The first kappa shape index (κ1) is 16.5. The zero-order valence-electron chi connectivity index (χ0n) is 12.6. The van der Waals surface area contributed by atoms with E-state index in [0.717, 1.165) is 12.3 Å². The summed E-state index contributed by atoms with van der Waals surface area (Å²) in [6.07, 6.45) is -3.50. The summed E-state index contributed by atoms with van der Waals surface area (Å²) in [5.41, 5.74) is 0.202. The lowest BCUT2D eigenvalue weighted by molar-refractivity contribution is -0.385. The van der Waals surface area contributed by atoms with Crippen LogP contribution in [0.3, 0.4) is 0 Å². The van der Waals surface area contributed by atoms with E-state index in [0.29, 0.717) is 16.7 Å². The maximum absolute atomic E-state index is 12.7. The second-order valence-electron chi connectivity index (χ2n) is 5.12. The van der Waals surface area contributed by atoms with Crippen molar-refractivity contribution in [1.29, 1.82) is 0 Å². The maximum Gasteiger partial charge on any atom is 0.433 e. The largest absolute Gasteiger partial charge is 0.433 e. The minimum Gasteiger partial charge on any atom is -0.258 e. The van der Waals surface area contributed by atoms with Crippen molar-refractivity contribution in [3.05, 3.63) is 51.8 Å². The third-order valence-electron chi connectivity index (χ3n) is 3.50. The molecule has 0 bridgehead atoms. The molecule has 0 saturated carbocycles. The van der Waals surface area contributed by atoms with Gasteiger partial charge in [-0.2, -0.15) is 13.2 Å². The fourth-order valence-corrected chi connectivity index (χ4v) is 2.32. The van der Waals surface area contributed by atoms with Gasteiger partial charge in [0, 0.05) is 29.0 Å². The van der Waals surface area contributed by atoms with Gasteiger partial charge in [-0.25, -0.2) is 5.10 Å². The molecule has 2 heterocycles. The molecule has 25 heavy (non-hydrogen) atoms. The molecule has 1 aromatic carbocycles. The van der Waals surface area contributed by atoms with Gasteiger partial charge in [-0.15, -0.1) is 5.10 Å². The van der Waals surface area contributed by atoms with E-state index in [9.17, 15) is 23.3 Å². The van der Waals surface area contributed by atoms with Crippen LogP contribution in [0.1, 0.15) is 11.3 Å². The topological polar surface area (TPSA) is 110 Å². The van der Waals surface area contributed by atoms with Crippen LogP contribution < -0.4 is 0 Å². The minimum atomic E-state index is -4.55. The van der Waals surface area contributed by atoms with E-state index in [1.807, 2.05) is 0 Å². The van der Waals surface area contributed by atoms with Crippen LogP contribution in [0.25, 0.3) is 22.5 Å². The zero-order valence-corrected chi connectivity index (χ0v) is 12.6. The highest BCUT2D eigenvalue weighted by atomic mass is 19.4. The molecule has 0 amide bonds. The Labute approximate surface area is 137 Å². The van der Waals surface area contributed by atoms with Crippen molar-refractivity contribution in [2.24, 2.45) is 0 Å². The number of benzene rings is 1. The van der Waals surface area contributed by atoms with Crippen LogP contribution >= 0.6 is 0 Å². The Kier molecular flexibility index (Phi) is 3.91. The number of nitrogens with zero attached hydrogens (tertiary/aromatic N) is 5. The van der Waals surface area contributed by atoms with Crippen molar-refractivity contribution in [3.8, 4) is 22.5 Å². The Morgan fingerprint density at radius 1 is 1.20 bits per heavy atom. The first-order chi connectivity index (χ1) is 11.8. The Morgan fingerprint density at radius 2 is 1.96 bits per heavy atom. The monoisotopic (exact) mass is 350 g/mol. The van der Waals surface area contributed by atoms with E-state index < -0.39 is 16.8 Å². The average molecular weight is 350 g/mol. The van der Waals surface area contributed by atoms with Crippen LogP contribution in [-0.4, -0.2) is 30.5 Å². The number of pyridine rings is 1. The van der Waals surface area contributed by atoms with E-state index in [2.05, 4.69) is 25.6 Å². The van der Waals surface area contributed by atoms with E-state index in [1.54, 1.807) is 0 Å². The summed E-state index contributed by atoms with van der Waals surface area (Å²) in [7, 11) is 0. The molecule has 0 aliphatic heterocycles. The third kappa shape index (κ3) is 3.16. The minimum absolute atomic E-state index is 0.151. The second kappa shape index (κ2) is 5.92. The SMILES string of the molecule is Cc1cc(-c2ccc(C(F)(F)F)nc2)c(-c2nnn[nH]2)cc1[N+](=O)[O-]. The molecule has 0 saturated heterocycles. The lowest BCUT2D eigenvalue weighted by atomic mass is 9.97. The normalized spacial score (nSPS) is 11.5. The van der Waals surface area contributed by atoms with Gasteiger partial charge in [-0.1, -0.05) is 6.07 Å². The summed E-state index contributed by atoms with van der Waals surface area (Å²) in [5.74, 6) is 0.151. The van der Waals surface area contributed by atoms with Crippen LogP contribution in [0, 0.1) is 17.0 Å². The Hall–Kier alpha value is -3.37. The molecule has 11 heteroatoms. The van der Waals surface area contributed by atoms with Gasteiger partial charge in [-0.3, -0.25) is 15.1 Å². The van der Waals surface area contributed by atoms with E-state index in [1.165, 1.54) is 25.1 Å². The van der Waals surface area contributed by atoms with Gasteiger partial charge < -0.3 is 0 Å². The standard InChI is InChI=1S/C14H9F3N6O2/c1-7-4-9(8-2-3-12(18-6-8)14(15,16)17)10(5-11(7)23(24)25)13-19-21-22-20-13/h2-6H,1H3,(H,19,20,21,22). The number of tetrazole rings is 1. The van der Waals surface area contributed by atoms with Crippen LogP contribution in [0.2, 0.25) is 0 Å². The summed E-state index contributed by atoms with van der Waals surface area (Å²) in [6, 6.07) is 4.84. The highest BCUT2D eigenvalue weighted by Gasteiger charge is 2.32. The third-order valence-corrected chi connectivity index (χ3v) is 3.50. The number of aromatic amines is 1. The van der Waals surface area contributed by atoms with Gasteiger partial charge in [0.15, 0.2) is 5.82 Å². The van der Waals surface area contributed by atoms with Crippen molar-refractivity contribution >= 4 is 5.69 Å². The lowest BCUT2D eigenvalue weighted by Crippen LogP contribution is -2.07. The van der Waals surface area contributed by atoms with Gasteiger partial charge in [0.25, 0.3) is 5.69 Å². The highest BCUT2D eigenvalue weighted by molar-refractivity contribution is 5.82. The molecule has 0 fully saturated rings. The fraction of sp³-hybridized carbons (Fsp3) is 0.143. The number of alkyl halides is 3. The number of aromatic nitrogens is 5. The van der Waals surface area contributed by atoms with Crippen LogP contribution in [0.15, 0.2) is 30.5 Å². The van der Waals surface area contributed by atoms with E-state index in [4.69, 9.17) is 0 Å². The Balaban J connectivity index is 2.18. The smallest absolute Gasteiger partial charge is 0.258 e. The molecule has 3 rings (SSSR count). The van der Waals surface area contributed by atoms with Gasteiger partial charge >= 0.3 is 6.18 Å². The fourth-order valence-electron chi connectivity index (χ4n) is 2.32. The first-order valence-corrected chi connectivity index (χ1v) is 6.84. The van der Waals surface area contributed by atoms with Crippen LogP contribution in [0.5, 0.6) is 0 Å². The van der Waals surface area contributed by atoms with Gasteiger partial charge in [-0.05, 0) is 35.0 Å². The number of hydrogen-bond acceptors (Lipinski definition) is 6.